The summed E-state index contributed by atoms with van der Waals surface area (Å²) in [6, 6.07) is 26.5. The fourth-order valence-corrected chi connectivity index (χ4v) is 8.08. The topological polar surface area (TPSA) is 96.0 Å². The number of methoxy groups -OCH3 is 1. The van der Waals surface area contributed by atoms with E-state index < -0.39 is 28.5 Å². The first-order chi connectivity index (χ1) is 23.6. The fourth-order valence-electron chi connectivity index (χ4n) is 6.14. The second kappa shape index (κ2) is 16.6. The summed E-state index contributed by atoms with van der Waals surface area (Å²) in [6.07, 6.45) is 5.03. The molecule has 1 saturated carbocycles. The molecule has 0 saturated heterocycles. The van der Waals surface area contributed by atoms with E-state index >= 15 is 0 Å². The molecule has 4 aromatic rings. The molecule has 1 fully saturated rings. The van der Waals surface area contributed by atoms with Crippen molar-refractivity contribution in [2.45, 2.75) is 69.0 Å². The van der Waals surface area contributed by atoms with Gasteiger partial charge in [-0.15, -0.1) is 0 Å². The number of sulfonamides is 1. The SMILES string of the molecule is COc1ccccc1N(CC(=O)N(Cc1c(Cl)cccc1Cl)C(Cc1ccccc1)C(=O)NC1CCCCC1)S(=O)(=O)c1ccc(C)cc1. The van der Waals surface area contributed by atoms with Crippen LogP contribution in [0.25, 0.3) is 0 Å². The highest BCUT2D eigenvalue weighted by molar-refractivity contribution is 7.92. The van der Waals surface area contributed by atoms with E-state index in [1.165, 1.54) is 24.1 Å². The second-order valence-electron chi connectivity index (χ2n) is 12.3. The monoisotopic (exact) mass is 721 g/mol. The highest BCUT2D eigenvalue weighted by Gasteiger charge is 2.36. The maximum absolute atomic E-state index is 14.8. The van der Waals surface area contributed by atoms with E-state index in [1.807, 2.05) is 37.3 Å². The molecule has 49 heavy (non-hydrogen) atoms. The Morgan fingerprint density at radius 3 is 2.14 bits per heavy atom. The first-order valence-electron chi connectivity index (χ1n) is 16.4. The number of nitrogens with one attached hydrogen (secondary N) is 1. The zero-order chi connectivity index (χ0) is 35.0. The molecule has 0 radical (unpaired) electrons. The molecule has 258 valence electrons. The molecule has 0 bridgehead atoms. The lowest BCUT2D eigenvalue weighted by Gasteiger charge is -2.35. The van der Waals surface area contributed by atoms with Crippen molar-refractivity contribution < 1.29 is 22.7 Å². The Morgan fingerprint density at radius 2 is 1.49 bits per heavy atom. The third kappa shape index (κ3) is 8.95. The highest BCUT2D eigenvalue weighted by atomic mass is 35.5. The van der Waals surface area contributed by atoms with Crippen molar-refractivity contribution in [2.24, 2.45) is 0 Å². The third-order valence-electron chi connectivity index (χ3n) is 8.85. The van der Waals surface area contributed by atoms with Crippen LogP contribution in [0.2, 0.25) is 10.0 Å². The van der Waals surface area contributed by atoms with Gasteiger partial charge in [-0.1, -0.05) is 109 Å². The van der Waals surface area contributed by atoms with Gasteiger partial charge in [-0.25, -0.2) is 8.42 Å². The van der Waals surface area contributed by atoms with Crippen LogP contribution in [0.3, 0.4) is 0 Å². The number of hydrogen-bond acceptors (Lipinski definition) is 5. The van der Waals surface area contributed by atoms with Crippen LogP contribution in [0.5, 0.6) is 5.75 Å². The van der Waals surface area contributed by atoms with E-state index in [0.29, 0.717) is 15.6 Å². The maximum atomic E-state index is 14.8. The quantitative estimate of drug-likeness (QED) is 0.154. The van der Waals surface area contributed by atoms with Crippen LogP contribution in [0.4, 0.5) is 5.69 Å². The summed E-state index contributed by atoms with van der Waals surface area (Å²) in [5.74, 6) is -0.669. The van der Waals surface area contributed by atoms with Gasteiger partial charge in [-0.2, -0.15) is 0 Å². The van der Waals surface area contributed by atoms with E-state index in [1.54, 1.807) is 54.6 Å². The molecule has 0 aromatic heterocycles. The molecule has 1 unspecified atom stereocenters. The number of amides is 2. The summed E-state index contributed by atoms with van der Waals surface area (Å²) >= 11 is 13.3. The van der Waals surface area contributed by atoms with Crippen molar-refractivity contribution in [3.05, 3.63) is 124 Å². The Labute approximate surface area is 299 Å². The number of ether oxygens (including phenoxy) is 1. The van der Waals surface area contributed by atoms with Gasteiger partial charge in [0.25, 0.3) is 10.0 Å². The van der Waals surface area contributed by atoms with Gasteiger partial charge >= 0.3 is 0 Å². The van der Waals surface area contributed by atoms with Gasteiger partial charge in [0.1, 0.15) is 18.3 Å². The second-order valence-corrected chi connectivity index (χ2v) is 14.9. The molecule has 8 nitrogen and oxygen atoms in total. The zero-order valence-electron chi connectivity index (χ0n) is 27.6. The number of halogens is 2. The highest BCUT2D eigenvalue weighted by Crippen LogP contribution is 2.33. The number of benzene rings is 4. The predicted molar refractivity (Wildman–Crippen MR) is 195 cm³/mol. The summed E-state index contributed by atoms with van der Waals surface area (Å²) < 4.78 is 35.4. The molecule has 1 N–H and O–H groups in total. The number of anilines is 1. The maximum Gasteiger partial charge on any atom is 0.264 e. The molecule has 2 amide bonds. The molecule has 0 spiro atoms. The summed E-state index contributed by atoms with van der Waals surface area (Å²) in [4.78, 5) is 30.5. The third-order valence-corrected chi connectivity index (χ3v) is 11.3. The van der Waals surface area contributed by atoms with Crippen molar-refractivity contribution in [2.75, 3.05) is 18.0 Å². The van der Waals surface area contributed by atoms with E-state index in [9.17, 15) is 18.0 Å². The number of aryl methyl sites for hydroxylation is 1. The lowest BCUT2D eigenvalue weighted by atomic mass is 9.94. The number of nitrogens with zero attached hydrogens (tertiary/aromatic N) is 2. The molecule has 5 rings (SSSR count). The van der Waals surface area contributed by atoms with Crippen LogP contribution in [-0.2, 0) is 32.6 Å². The van der Waals surface area contributed by atoms with Gasteiger partial charge < -0.3 is 15.0 Å². The minimum absolute atomic E-state index is 0.00776. The Kier molecular flexibility index (Phi) is 12.3. The molecule has 0 heterocycles. The lowest BCUT2D eigenvalue weighted by molar-refractivity contribution is -0.140. The fraction of sp³-hybridized carbons (Fsp3) is 0.316. The zero-order valence-corrected chi connectivity index (χ0v) is 30.0. The average molecular weight is 723 g/mol. The van der Waals surface area contributed by atoms with Crippen LogP contribution in [0.1, 0.15) is 48.8 Å². The minimum Gasteiger partial charge on any atom is -0.495 e. The van der Waals surface area contributed by atoms with Gasteiger partial charge in [-0.05, 0) is 61.7 Å². The van der Waals surface area contributed by atoms with Gasteiger partial charge in [0.05, 0.1) is 17.7 Å². The van der Waals surface area contributed by atoms with Crippen LogP contribution in [-0.4, -0.2) is 50.9 Å². The number of carbonyl (C=O) groups is 2. The van der Waals surface area contributed by atoms with Crippen LogP contribution < -0.4 is 14.4 Å². The van der Waals surface area contributed by atoms with E-state index in [2.05, 4.69) is 5.32 Å². The first kappa shape index (κ1) is 36.2. The van der Waals surface area contributed by atoms with Gasteiger partial charge in [-0.3, -0.25) is 13.9 Å². The van der Waals surface area contributed by atoms with Crippen molar-refractivity contribution in [3.63, 3.8) is 0 Å². The Morgan fingerprint density at radius 1 is 0.857 bits per heavy atom. The van der Waals surface area contributed by atoms with Crippen molar-refractivity contribution >= 4 is 50.7 Å². The molecule has 0 aliphatic heterocycles. The van der Waals surface area contributed by atoms with Crippen LogP contribution >= 0.6 is 23.2 Å². The molecule has 1 aliphatic rings. The smallest absolute Gasteiger partial charge is 0.264 e. The molecule has 1 atom stereocenters. The standard InChI is InChI=1S/C38H41Cl2N3O5S/c1-27-20-22-30(23-21-27)49(46,47)43(34-18-9-10-19-36(34)48-2)26-37(44)42(25-31-32(39)16-11-17-33(31)40)35(24-28-12-5-3-6-13-28)38(45)41-29-14-7-4-8-15-29/h3,5-6,9-13,16-23,29,35H,4,7-8,14-15,24-26H2,1-2H3,(H,41,45). The largest absolute Gasteiger partial charge is 0.495 e. The van der Waals surface area contributed by atoms with Gasteiger partial charge in [0.15, 0.2) is 0 Å². The molecule has 4 aromatic carbocycles. The molecule has 1 aliphatic carbocycles. The van der Waals surface area contributed by atoms with Crippen molar-refractivity contribution in [1.82, 2.24) is 10.2 Å². The summed E-state index contributed by atoms with van der Waals surface area (Å²) in [7, 11) is -2.86. The van der Waals surface area contributed by atoms with Crippen molar-refractivity contribution in [3.8, 4) is 5.75 Å². The summed E-state index contributed by atoms with van der Waals surface area (Å²) in [6.45, 7) is 1.11. The lowest BCUT2D eigenvalue weighted by Crippen LogP contribution is -2.55. The molecular weight excluding hydrogens is 681 g/mol. The summed E-state index contributed by atoms with van der Waals surface area (Å²) in [5.41, 5.74) is 2.35. The van der Waals surface area contributed by atoms with Crippen molar-refractivity contribution in [1.29, 1.82) is 0 Å². The Bertz CT molecular complexity index is 1830. The Hall–Kier alpha value is -4.05. The predicted octanol–water partition coefficient (Wildman–Crippen LogP) is 7.59. The summed E-state index contributed by atoms with van der Waals surface area (Å²) in [5, 5.41) is 3.85. The molecule has 11 heteroatoms. The van der Waals surface area contributed by atoms with Crippen LogP contribution in [0, 0.1) is 6.92 Å². The average Bonchev–Trinajstić information content (AvgIpc) is 3.10. The first-order valence-corrected chi connectivity index (χ1v) is 18.6. The van der Waals surface area contributed by atoms with Gasteiger partial charge in [0, 0.05) is 34.6 Å². The normalized spacial score (nSPS) is 14.1. The van der Waals surface area contributed by atoms with Crippen LogP contribution in [0.15, 0.2) is 102 Å². The number of para-hydroxylation sites is 2. The number of hydrogen-bond donors (Lipinski definition) is 1. The van der Waals surface area contributed by atoms with E-state index in [0.717, 1.165) is 47.5 Å². The number of carbonyl (C=O) groups excluding carboxylic acids is 2. The van der Waals surface area contributed by atoms with Gasteiger partial charge in [0.2, 0.25) is 11.8 Å². The number of rotatable bonds is 13. The molecular formula is C38H41Cl2N3O5S. The van der Waals surface area contributed by atoms with E-state index in [4.69, 9.17) is 27.9 Å². The van der Waals surface area contributed by atoms with E-state index in [-0.39, 0.29) is 41.2 Å². The Balaban J connectivity index is 1.61. The minimum atomic E-state index is -4.30.